The molecular formula is C20H19N3O3S. The molecule has 0 aliphatic carbocycles. The second kappa shape index (κ2) is 8.95. The van der Waals surface area contributed by atoms with Crippen LogP contribution < -0.4 is 15.4 Å². The molecule has 1 atom stereocenters. The van der Waals surface area contributed by atoms with Crippen molar-refractivity contribution in [1.82, 2.24) is 10.3 Å². The Kier molecular flexibility index (Phi) is 6.17. The summed E-state index contributed by atoms with van der Waals surface area (Å²) in [4.78, 5) is 29.2. The number of anilines is 1. The molecule has 2 aromatic heterocycles. The first kappa shape index (κ1) is 18.6. The highest BCUT2D eigenvalue weighted by Crippen LogP contribution is 2.22. The van der Waals surface area contributed by atoms with Crippen molar-refractivity contribution in [2.45, 2.75) is 19.4 Å². The van der Waals surface area contributed by atoms with Crippen LogP contribution in [0.2, 0.25) is 0 Å². The zero-order chi connectivity index (χ0) is 19.1. The second-order valence-corrected chi connectivity index (χ2v) is 6.95. The molecule has 0 saturated carbocycles. The third-order valence-corrected chi connectivity index (χ3v) is 4.57. The van der Waals surface area contributed by atoms with Gasteiger partial charge in [0.05, 0.1) is 0 Å². The van der Waals surface area contributed by atoms with Gasteiger partial charge in [-0.15, -0.1) is 11.3 Å². The van der Waals surface area contributed by atoms with E-state index in [0.717, 1.165) is 4.88 Å². The van der Waals surface area contributed by atoms with Gasteiger partial charge in [-0.05, 0) is 54.8 Å². The maximum atomic E-state index is 12.1. The van der Waals surface area contributed by atoms with E-state index in [1.807, 2.05) is 24.4 Å². The molecular weight excluding hydrogens is 362 g/mol. The van der Waals surface area contributed by atoms with Crippen molar-refractivity contribution in [3.05, 3.63) is 71.2 Å². The molecule has 27 heavy (non-hydrogen) atoms. The minimum Gasteiger partial charge on any atom is -0.457 e. The highest BCUT2D eigenvalue weighted by molar-refractivity contribution is 7.09. The first-order chi connectivity index (χ1) is 13.1. The van der Waals surface area contributed by atoms with Gasteiger partial charge in [-0.1, -0.05) is 6.07 Å². The normalized spacial score (nSPS) is 11.4. The van der Waals surface area contributed by atoms with Crippen LogP contribution in [0.3, 0.4) is 0 Å². The van der Waals surface area contributed by atoms with E-state index in [4.69, 9.17) is 4.74 Å². The van der Waals surface area contributed by atoms with Gasteiger partial charge in [0.15, 0.2) is 0 Å². The summed E-state index contributed by atoms with van der Waals surface area (Å²) in [7, 11) is 0. The SMILES string of the molecule is C[C@@H](Cc1cccs1)NC(=O)C(=O)Nc1ccc(Oc2ccncc2)cc1. The predicted octanol–water partition coefficient (Wildman–Crippen LogP) is 3.62. The Morgan fingerprint density at radius 2 is 1.74 bits per heavy atom. The second-order valence-electron chi connectivity index (χ2n) is 5.92. The van der Waals surface area contributed by atoms with Gasteiger partial charge in [0.1, 0.15) is 11.5 Å². The number of benzene rings is 1. The molecule has 0 bridgehead atoms. The Labute approximate surface area is 161 Å². The number of carbonyl (C=O) groups is 2. The molecule has 2 heterocycles. The average Bonchev–Trinajstić information content (AvgIpc) is 3.17. The van der Waals surface area contributed by atoms with E-state index in [1.54, 1.807) is 60.1 Å². The zero-order valence-corrected chi connectivity index (χ0v) is 15.5. The Morgan fingerprint density at radius 3 is 2.41 bits per heavy atom. The van der Waals surface area contributed by atoms with Gasteiger partial charge < -0.3 is 15.4 Å². The monoisotopic (exact) mass is 381 g/mol. The summed E-state index contributed by atoms with van der Waals surface area (Å²) < 4.78 is 5.66. The lowest BCUT2D eigenvalue weighted by Crippen LogP contribution is -2.41. The predicted molar refractivity (Wildman–Crippen MR) is 105 cm³/mol. The average molecular weight is 381 g/mol. The van der Waals surface area contributed by atoms with E-state index in [9.17, 15) is 9.59 Å². The van der Waals surface area contributed by atoms with Gasteiger partial charge >= 0.3 is 11.8 Å². The highest BCUT2D eigenvalue weighted by atomic mass is 32.1. The summed E-state index contributed by atoms with van der Waals surface area (Å²) in [6.45, 7) is 1.87. The molecule has 2 N–H and O–H groups in total. The molecule has 7 heteroatoms. The van der Waals surface area contributed by atoms with E-state index >= 15 is 0 Å². The molecule has 0 radical (unpaired) electrons. The first-order valence-electron chi connectivity index (χ1n) is 8.42. The maximum Gasteiger partial charge on any atom is 0.313 e. The summed E-state index contributed by atoms with van der Waals surface area (Å²) in [6, 6.07) is 14.1. The van der Waals surface area contributed by atoms with Crippen LogP contribution in [0, 0.1) is 0 Å². The quantitative estimate of drug-likeness (QED) is 0.639. The first-order valence-corrected chi connectivity index (χ1v) is 9.30. The molecule has 6 nitrogen and oxygen atoms in total. The Morgan fingerprint density at radius 1 is 1.04 bits per heavy atom. The van der Waals surface area contributed by atoms with Gasteiger partial charge in [0, 0.05) is 35.4 Å². The van der Waals surface area contributed by atoms with Crippen molar-refractivity contribution >= 4 is 28.8 Å². The Hall–Kier alpha value is -3.19. The lowest BCUT2D eigenvalue weighted by Gasteiger charge is -2.13. The van der Waals surface area contributed by atoms with Crippen LogP contribution in [-0.2, 0) is 16.0 Å². The van der Waals surface area contributed by atoms with Crippen LogP contribution in [0.25, 0.3) is 0 Å². The van der Waals surface area contributed by atoms with Crippen molar-refractivity contribution < 1.29 is 14.3 Å². The smallest absolute Gasteiger partial charge is 0.313 e. The van der Waals surface area contributed by atoms with E-state index in [0.29, 0.717) is 23.6 Å². The van der Waals surface area contributed by atoms with Crippen LogP contribution in [0.4, 0.5) is 5.69 Å². The Bertz CT molecular complexity index is 881. The number of rotatable bonds is 6. The zero-order valence-electron chi connectivity index (χ0n) is 14.7. The molecule has 3 aromatic rings. The van der Waals surface area contributed by atoms with Gasteiger partial charge in [-0.2, -0.15) is 0 Å². The largest absolute Gasteiger partial charge is 0.457 e. The standard InChI is InChI=1S/C20H19N3O3S/c1-14(13-18-3-2-12-27-18)22-19(24)20(25)23-15-4-6-16(7-5-15)26-17-8-10-21-11-9-17/h2-12,14H,13H2,1H3,(H,22,24)(H,23,25)/t14-/m0/s1. The number of pyridine rings is 1. The number of amides is 2. The van der Waals surface area contributed by atoms with Crippen LogP contribution in [-0.4, -0.2) is 22.8 Å². The number of nitrogens with zero attached hydrogens (tertiary/aromatic N) is 1. The molecule has 3 rings (SSSR count). The number of carbonyl (C=O) groups excluding carboxylic acids is 2. The van der Waals surface area contributed by atoms with E-state index in [1.165, 1.54) is 0 Å². The lowest BCUT2D eigenvalue weighted by atomic mass is 10.2. The third kappa shape index (κ3) is 5.65. The molecule has 0 fully saturated rings. The van der Waals surface area contributed by atoms with Gasteiger partial charge in [-0.25, -0.2) is 0 Å². The fourth-order valence-corrected chi connectivity index (χ4v) is 3.24. The topological polar surface area (TPSA) is 80.3 Å². The van der Waals surface area contributed by atoms with Crippen molar-refractivity contribution in [3.8, 4) is 11.5 Å². The Balaban J connectivity index is 1.50. The maximum absolute atomic E-state index is 12.1. The van der Waals surface area contributed by atoms with Crippen molar-refractivity contribution in [2.24, 2.45) is 0 Å². The number of hydrogen-bond donors (Lipinski definition) is 2. The van der Waals surface area contributed by atoms with Crippen molar-refractivity contribution in [1.29, 1.82) is 0 Å². The number of ether oxygens (including phenoxy) is 1. The van der Waals surface area contributed by atoms with E-state index < -0.39 is 11.8 Å². The summed E-state index contributed by atoms with van der Waals surface area (Å²) in [5, 5.41) is 7.28. The number of aromatic nitrogens is 1. The van der Waals surface area contributed by atoms with Gasteiger partial charge in [0.2, 0.25) is 0 Å². The molecule has 0 unspecified atom stereocenters. The molecule has 0 spiro atoms. The minimum absolute atomic E-state index is 0.127. The molecule has 0 aliphatic rings. The summed E-state index contributed by atoms with van der Waals surface area (Å²) in [5.41, 5.74) is 0.517. The third-order valence-electron chi connectivity index (χ3n) is 3.67. The number of nitrogens with one attached hydrogen (secondary N) is 2. The number of hydrogen-bond acceptors (Lipinski definition) is 5. The summed E-state index contributed by atoms with van der Waals surface area (Å²) >= 11 is 1.62. The molecule has 2 amide bonds. The summed E-state index contributed by atoms with van der Waals surface area (Å²) in [5.74, 6) is -0.0684. The van der Waals surface area contributed by atoms with E-state index in [-0.39, 0.29) is 6.04 Å². The van der Waals surface area contributed by atoms with Crippen LogP contribution >= 0.6 is 11.3 Å². The van der Waals surface area contributed by atoms with Gasteiger partial charge in [-0.3, -0.25) is 14.6 Å². The molecule has 1 aromatic carbocycles. The fourth-order valence-electron chi connectivity index (χ4n) is 2.41. The van der Waals surface area contributed by atoms with Crippen LogP contribution in [0.5, 0.6) is 11.5 Å². The molecule has 138 valence electrons. The van der Waals surface area contributed by atoms with Crippen molar-refractivity contribution in [2.75, 3.05) is 5.32 Å². The fraction of sp³-hybridized carbons (Fsp3) is 0.150. The number of thiophene rings is 1. The molecule has 0 aliphatic heterocycles. The highest BCUT2D eigenvalue weighted by Gasteiger charge is 2.16. The van der Waals surface area contributed by atoms with E-state index in [2.05, 4.69) is 15.6 Å². The minimum atomic E-state index is -0.698. The molecule has 0 saturated heterocycles. The summed E-state index contributed by atoms with van der Waals surface area (Å²) in [6.07, 6.45) is 3.97. The lowest BCUT2D eigenvalue weighted by molar-refractivity contribution is -0.136. The van der Waals surface area contributed by atoms with Crippen molar-refractivity contribution in [3.63, 3.8) is 0 Å². The van der Waals surface area contributed by atoms with Gasteiger partial charge in [0.25, 0.3) is 0 Å². The van der Waals surface area contributed by atoms with Crippen LogP contribution in [0.1, 0.15) is 11.8 Å². The van der Waals surface area contributed by atoms with Crippen LogP contribution in [0.15, 0.2) is 66.3 Å².